The summed E-state index contributed by atoms with van der Waals surface area (Å²) in [4.78, 5) is 22.2. The van der Waals surface area contributed by atoms with Crippen LogP contribution in [0.4, 0.5) is 0 Å². The third-order valence-electron chi connectivity index (χ3n) is 2.31. The van der Waals surface area contributed by atoms with Crippen LogP contribution in [-0.2, 0) is 24.3 Å². The summed E-state index contributed by atoms with van der Waals surface area (Å²) in [7, 11) is -0.586. The summed E-state index contributed by atoms with van der Waals surface area (Å²) in [6.07, 6.45) is 0. The molecule has 0 aliphatic carbocycles. The van der Waals surface area contributed by atoms with E-state index in [4.69, 9.17) is 11.6 Å². The van der Waals surface area contributed by atoms with Gasteiger partial charge in [0.15, 0.2) is 0 Å². The molecule has 0 spiro atoms. The number of carbonyl (C=O) groups excluding carboxylic acids is 2. The van der Waals surface area contributed by atoms with Crippen molar-refractivity contribution in [2.75, 3.05) is 27.8 Å². The molecule has 10 heteroatoms. The predicted octanol–water partition coefficient (Wildman–Crippen LogP) is 0.982. The number of hydrogen-bond acceptors (Lipinski definition) is 7. The Kier molecular flexibility index (Phi) is 5.51. The van der Waals surface area contributed by atoms with Crippen molar-refractivity contribution in [3.63, 3.8) is 0 Å². The summed E-state index contributed by atoms with van der Waals surface area (Å²) in [5.74, 6) is -1.54. The average molecular weight is 342 g/mol. The zero-order valence-corrected chi connectivity index (χ0v) is 13.3. The maximum absolute atomic E-state index is 12.3. The van der Waals surface area contributed by atoms with Crippen molar-refractivity contribution in [1.29, 1.82) is 0 Å². The highest BCUT2D eigenvalue weighted by Crippen LogP contribution is 2.32. The fourth-order valence-corrected chi connectivity index (χ4v) is 4.09. The molecule has 0 N–H and O–H groups in total. The lowest BCUT2D eigenvalue weighted by atomic mass is 10.5. The highest BCUT2D eigenvalue weighted by Gasteiger charge is 2.31. The van der Waals surface area contributed by atoms with Gasteiger partial charge in [0.2, 0.25) is 10.0 Å². The van der Waals surface area contributed by atoms with Crippen LogP contribution in [0.3, 0.4) is 0 Å². The summed E-state index contributed by atoms with van der Waals surface area (Å²) in [5.41, 5.74) is 0. The molecule has 0 bridgehead atoms. The van der Waals surface area contributed by atoms with Crippen LogP contribution in [0.15, 0.2) is 11.0 Å². The maximum Gasteiger partial charge on any atom is 0.349 e. The Morgan fingerprint density at radius 2 is 1.95 bits per heavy atom. The van der Waals surface area contributed by atoms with Crippen molar-refractivity contribution in [2.24, 2.45) is 0 Å². The first-order chi connectivity index (χ1) is 9.23. The van der Waals surface area contributed by atoms with Crippen LogP contribution >= 0.6 is 22.9 Å². The Hall–Kier alpha value is -1.16. The fourth-order valence-electron chi connectivity index (χ4n) is 1.27. The molecule has 0 saturated heterocycles. The minimum Gasteiger partial charge on any atom is -0.468 e. The lowest BCUT2D eigenvalue weighted by molar-refractivity contribution is -0.140. The number of nitrogens with zero attached hydrogens (tertiary/aromatic N) is 1. The number of rotatable bonds is 5. The largest absolute Gasteiger partial charge is 0.468 e. The molecule has 0 saturated carbocycles. The molecule has 0 radical (unpaired) electrons. The second-order valence-corrected chi connectivity index (χ2v) is 7.27. The van der Waals surface area contributed by atoms with Gasteiger partial charge in [-0.2, -0.15) is 4.31 Å². The molecular formula is C10H12ClNO6S2. The van der Waals surface area contributed by atoms with Gasteiger partial charge in [-0.15, -0.1) is 11.3 Å². The Morgan fingerprint density at radius 1 is 1.35 bits per heavy atom. The third kappa shape index (κ3) is 3.48. The molecule has 1 aromatic heterocycles. The zero-order chi connectivity index (χ0) is 15.5. The summed E-state index contributed by atoms with van der Waals surface area (Å²) < 4.78 is 34.4. The number of sulfonamides is 1. The molecule has 1 rings (SSSR count). The smallest absolute Gasteiger partial charge is 0.349 e. The number of likely N-dealkylation sites (N-methyl/N-ethyl adjacent to an activating group) is 1. The van der Waals surface area contributed by atoms with E-state index in [1.807, 2.05) is 0 Å². The predicted molar refractivity (Wildman–Crippen MR) is 72.5 cm³/mol. The fraction of sp³-hybridized carbons (Fsp3) is 0.400. The van der Waals surface area contributed by atoms with E-state index in [0.717, 1.165) is 35.9 Å². The zero-order valence-electron chi connectivity index (χ0n) is 10.9. The number of hydrogen-bond donors (Lipinski definition) is 0. The molecule has 0 atom stereocenters. The molecule has 1 aromatic rings. The van der Waals surface area contributed by atoms with Crippen LogP contribution in [0.1, 0.15) is 9.67 Å². The molecule has 0 amide bonds. The summed E-state index contributed by atoms with van der Waals surface area (Å²) in [5, 5.41) is 0. The van der Waals surface area contributed by atoms with Gasteiger partial charge in [-0.3, -0.25) is 4.79 Å². The van der Waals surface area contributed by atoms with Gasteiger partial charge in [0, 0.05) is 7.05 Å². The Balaban J connectivity index is 3.22. The summed E-state index contributed by atoms with van der Waals surface area (Å²) in [6.45, 7) is -0.479. The second-order valence-electron chi connectivity index (χ2n) is 3.57. The van der Waals surface area contributed by atoms with Gasteiger partial charge in [-0.25, -0.2) is 13.2 Å². The van der Waals surface area contributed by atoms with Gasteiger partial charge in [0.05, 0.1) is 18.6 Å². The molecule has 20 heavy (non-hydrogen) atoms. The standard InChI is InChI=1S/C10H12ClNO6S2/c1-12(5-8(13)17-2)20(15,16)6-4-7(11)19-9(6)10(14)18-3/h4H,5H2,1-3H3. The third-order valence-corrected chi connectivity index (χ3v) is 5.51. The van der Waals surface area contributed by atoms with Crippen LogP contribution in [0.25, 0.3) is 0 Å². The minimum atomic E-state index is -4.05. The molecule has 0 fully saturated rings. The SMILES string of the molecule is COC(=O)CN(C)S(=O)(=O)c1cc(Cl)sc1C(=O)OC. The van der Waals surface area contributed by atoms with E-state index in [0.29, 0.717) is 0 Å². The van der Waals surface area contributed by atoms with Gasteiger partial charge in [-0.1, -0.05) is 11.6 Å². The summed E-state index contributed by atoms with van der Waals surface area (Å²) >= 11 is 6.53. The van der Waals surface area contributed by atoms with Crippen LogP contribution in [0, 0.1) is 0 Å². The van der Waals surface area contributed by atoms with E-state index in [2.05, 4.69) is 9.47 Å². The average Bonchev–Trinajstić information content (AvgIpc) is 2.80. The second kappa shape index (κ2) is 6.53. The first-order valence-electron chi connectivity index (χ1n) is 5.14. The van der Waals surface area contributed by atoms with Crippen LogP contribution < -0.4 is 0 Å². The number of ether oxygens (including phenoxy) is 2. The number of thiophene rings is 1. The van der Waals surface area contributed by atoms with E-state index in [1.165, 1.54) is 7.05 Å². The molecule has 1 heterocycles. The Morgan fingerprint density at radius 3 is 2.45 bits per heavy atom. The summed E-state index contributed by atoms with van der Waals surface area (Å²) in [6, 6.07) is 1.14. The Bertz CT molecular complexity index is 624. The first-order valence-corrected chi connectivity index (χ1v) is 7.78. The van der Waals surface area contributed by atoms with Crippen molar-refractivity contribution in [1.82, 2.24) is 4.31 Å². The monoisotopic (exact) mass is 341 g/mol. The highest BCUT2D eigenvalue weighted by molar-refractivity contribution is 7.89. The van der Waals surface area contributed by atoms with E-state index in [1.54, 1.807) is 0 Å². The van der Waals surface area contributed by atoms with Gasteiger partial charge in [-0.05, 0) is 6.07 Å². The number of halogens is 1. The Labute approximate surface area is 125 Å². The molecule has 0 unspecified atom stereocenters. The molecular weight excluding hydrogens is 330 g/mol. The van der Waals surface area contributed by atoms with Crippen molar-refractivity contribution >= 4 is 44.9 Å². The van der Waals surface area contributed by atoms with Crippen LogP contribution in [0.2, 0.25) is 4.34 Å². The molecule has 7 nitrogen and oxygen atoms in total. The molecule has 0 aliphatic heterocycles. The van der Waals surface area contributed by atoms with Gasteiger partial charge in [0.1, 0.15) is 16.3 Å². The van der Waals surface area contributed by atoms with E-state index < -0.39 is 28.5 Å². The van der Waals surface area contributed by atoms with Crippen molar-refractivity contribution in [3.8, 4) is 0 Å². The number of methoxy groups -OCH3 is 2. The normalized spacial score (nSPS) is 11.4. The maximum atomic E-state index is 12.3. The topological polar surface area (TPSA) is 90.0 Å². The number of carbonyl (C=O) groups is 2. The van der Waals surface area contributed by atoms with E-state index in [-0.39, 0.29) is 14.1 Å². The quantitative estimate of drug-likeness (QED) is 0.742. The van der Waals surface area contributed by atoms with Crippen LogP contribution in [-0.4, -0.2) is 52.5 Å². The molecule has 112 valence electrons. The first kappa shape index (κ1) is 16.9. The van der Waals surface area contributed by atoms with E-state index in [9.17, 15) is 18.0 Å². The lowest BCUT2D eigenvalue weighted by Crippen LogP contribution is -2.33. The molecule has 0 aliphatic rings. The molecule has 0 aromatic carbocycles. The van der Waals surface area contributed by atoms with Gasteiger partial charge in [0.25, 0.3) is 0 Å². The lowest BCUT2D eigenvalue weighted by Gasteiger charge is -2.15. The van der Waals surface area contributed by atoms with Crippen molar-refractivity contribution in [3.05, 3.63) is 15.3 Å². The van der Waals surface area contributed by atoms with Crippen molar-refractivity contribution in [2.45, 2.75) is 4.90 Å². The van der Waals surface area contributed by atoms with Crippen molar-refractivity contribution < 1.29 is 27.5 Å². The van der Waals surface area contributed by atoms with Gasteiger partial charge < -0.3 is 9.47 Å². The highest BCUT2D eigenvalue weighted by atomic mass is 35.5. The number of esters is 2. The minimum absolute atomic E-state index is 0.121. The van der Waals surface area contributed by atoms with Crippen LogP contribution in [0.5, 0.6) is 0 Å². The van der Waals surface area contributed by atoms with E-state index >= 15 is 0 Å². The van der Waals surface area contributed by atoms with Gasteiger partial charge >= 0.3 is 11.9 Å².